The highest BCUT2D eigenvalue weighted by Crippen LogP contribution is 2.22. The van der Waals surface area contributed by atoms with Crippen LogP contribution in [-0.4, -0.2) is 29.3 Å². The zero-order valence-electron chi connectivity index (χ0n) is 12.9. The minimum absolute atomic E-state index is 0.0130. The quantitative estimate of drug-likeness (QED) is 0.925. The molecule has 0 aromatic heterocycles. The summed E-state index contributed by atoms with van der Waals surface area (Å²) in [5, 5.41) is 2.86. The van der Waals surface area contributed by atoms with Crippen LogP contribution in [0.15, 0.2) is 24.3 Å². The Hall–Kier alpha value is -1.84. The van der Waals surface area contributed by atoms with Crippen LogP contribution >= 0.6 is 0 Å². The van der Waals surface area contributed by atoms with E-state index in [0.717, 1.165) is 36.9 Å². The van der Waals surface area contributed by atoms with Crippen molar-refractivity contribution in [3.63, 3.8) is 0 Å². The summed E-state index contributed by atoms with van der Waals surface area (Å²) >= 11 is 0. The SMILES string of the molecule is CC(=O)N(CC(=O)Nc1ccc(C)cc1)C1CCCCC1. The summed E-state index contributed by atoms with van der Waals surface area (Å²) in [7, 11) is 0. The normalized spacial score (nSPS) is 15.5. The van der Waals surface area contributed by atoms with Crippen molar-refractivity contribution >= 4 is 17.5 Å². The molecular weight excluding hydrogens is 264 g/mol. The Kier molecular flexibility index (Phi) is 5.37. The molecular formula is C17H24N2O2. The molecule has 1 aliphatic rings. The lowest BCUT2D eigenvalue weighted by Gasteiger charge is -2.33. The fourth-order valence-corrected chi connectivity index (χ4v) is 2.88. The molecule has 1 N–H and O–H groups in total. The number of carbonyl (C=O) groups excluding carboxylic acids is 2. The molecule has 0 bridgehead atoms. The standard InChI is InChI=1S/C17H24N2O2/c1-13-8-10-15(11-9-13)18-17(21)12-19(14(2)20)16-6-4-3-5-7-16/h8-11,16H,3-7,12H2,1-2H3,(H,18,21). The Labute approximate surface area is 126 Å². The van der Waals surface area contributed by atoms with E-state index in [1.807, 2.05) is 31.2 Å². The van der Waals surface area contributed by atoms with E-state index in [4.69, 9.17) is 0 Å². The second-order valence-corrected chi connectivity index (χ2v) is 5.85. The maximum atomic E-state index is 12.1. The summed E-state index contributed by atoms with van der Waals surface area (Å²) in [5.74, 6) is -0.138. The van der Waals surface area contributed by atoms with Gasteiger partial charge in [0.2, 0.25) is 11.8 Å². The molecule has 2 amide bonds. The van der Waals surface area contributed by atoms with Crippen molar-refractivity contribution in [2.24, 2.45) is 0 Å². The fraction of sp³-hybridized carbons (Fsp3) is 0.529. The second-order valence-electron chi connectivity index (χ2n) is 5.85. The number of nitrogens with zero attached hydrogens (tertiary/aromatic N) is 1. The van der Waals surface area contributed by atoms with Gasteiger partial charge in [-0.1, -0.05) is 37.0 Å². The Morgan fingerprint density at radius 2 is 1.76 bits per heavy atom. The average Bonchev–Trinajstić information content (AvgIpc) is 2.48. The highest BCUT2D eigenvalue weighted by Gasteiger charge is 2.24. The molecule has 1 saturated carbocycles. The molecule has 4 nitrogen and oxygen atoms in total. The monoisotopic (exact) mass is 288 g/mol. The molecule has 4 heteroatoms. The van der Waals surface area contributed by atoms with Gasteiger partial charge in [-0.05, 0) is 31.9 Å². The van der Waals surface area contributed by atoms with Gasteiger partial charge in [-0.15, -0.1) is 0 Å². The van der Waals surface area contributed by atoms with E-state index < -0.39 is 0 Å². The van der Waals surface area contributed by atoms with Gasteiger partial charge in [0.1, 0.15) is 6.54 Å². The van der Waals surface area contributed by atoms with Crippen LogP contribution < -0.4 is 5.32 Å². The number of hydrogen-bond acceptors (Lipinski definition) is 2. The highest BCUT2D eigenvalue weighted by atomic mass is 16.2. The van der Waals surface area contributed by atoms with Crippen LogP contribution in [0.25, 0.3) is 0 Å². The number of carbonyl (C=O) groups is 2. The van der Waals surface area contributed by atoms with E-state index in [0.29, 0.717) is 0 Å². The molecule has 114 valence electrons. The first-order valence-corrected chi connectivity index (χ1v) is 7.70. The van der Waals surface area contributed by atoms with Crippen molar-refractivity contribution in [2.75, 3.05) is 11.9 Å². The number of nitrogens with one attached hydrogen (secondary N) is 1. The zero-order chi connectivity index (χ0) is 15.2. The fourth-order valence-electron chi connectivity index (χ4n) is 2.88. The van der Waals surface area contributed by atoms with Crippen LogP contribution in [0, 0.1) is 6.92 Å². The lowest BCUT2D eigenvalue weighted by atomic mass is 9.94. The van der Waals surface area contributed by atoms with Gasteiger partial charge in [-0.2, -0.15) is 0 Å². The van der Waals surface area contributed by atoms with E-state index >= 15 is 0 Å². The molecule has 21 heavy (non-hydrogen) atoms. The van der Waals surface area contributed by atoms with Gasteiger partial charge < -0.3 is 10.2 Å². The third kappa shape index (κ3) is 4.59. The molecule has 1 aromatic rings. The van der Waals surface area contributed by atoms with Crippen molar-refractivity contribution in [1.29, 1.82) is 0 Å². The highest BCUT2D eigenvalue weighted by molar-refractivity contribution is 5.94. The Bertz CT molecular complexity index is 490. The number of amides is 2. The Balaban J connectivity index is 1.94. The van der Waals surface area contributed by atoms with Gasteiger partial charge >= 0.3 is 0 Å². The van der Waals surface area contributed by atoms with E-state index in [2.05, 4.69) is 5.32 Å². The lowest BCUT2D eigenvalue weighted by molar-refractivity contribution is -0.135. The predicted octanol–water partition coefficient (Wildman–Crippen LogP) is 3.11. The summed E-state index contributed by atoms with van der Waals surface area (Å²) in [6, 6.07) is 7.90. The molecule has 0 unspecified atom stereocenters. The maximum Gasteiger partial charge on any atom is 0.244 e. The summed E-state index contributed by atoms with van der Waals surface area (Å²) in [4.78, 5) is 25.7. The zero-order valence-corrected chi connectivity index (χ0v) is 12.9. The first-order chi connectivity index (χ1) is 10.1. The van der Waals surface area contributed by atoms with Gasteiger partial charge in [0.05, 0.1) is 0 Å². The minimum atomic E-state index is -0.125. The molecule has 0 heterocycles. The largest absolute Gasteiger partial charge is 0.331 e. The number of aryl methyl sites for hydroxylation is 1. The van der Waals surface area contributed by atoms with Crippen LogP contribution in [0.4, 0.5) is 5.69 Å². The second kappa shape index (κ2) is 7.25. The first-order valence-electron chi connectivity index (χ1n) is 7.70. The molecule has 0 aliphatic heterocycles. The summed E-state index contributed by atoms with van der Waals surface area (Å²) in [5.41, 5.74) is 1.93. The average molecular weight is 288 g/mol. The molecule has 1 aromatic carbocycles. The van der Waals surface area contributed by atoms with Crippen molar-refractivity contribution in [2.45, 2.75) is 52.0 Å². The summed E-state index contributed by atoms with van der Waals surface area (Å²) in [6.45, 7) is 3.70. The van der Waals surface area contributed by atoms with Crippen molar-refractivity contribution in [1.82, 2.24) is 4.90 Å². The Morgan fingerprint density at radius 3 is 2.33 bits per heavy atom. The van der Waals surface area contributed by atoms with Crippen molar-refractivity contribution in [3.8, 4) is 0 Å². The lowest BCUT2D eigenvalue weighted by Crippen LogP contribution is -2.44. The van der Waals surface area contributed by atoms with E-state index in [9.17, 15) is 9.59 Å². The number of rotatable bonds is 4. The number of benzene rings is 1. The number of anilines is 1. The van der Waals surface area contributed by atoms with Gasteiger partial charge in [0, 0.05) is 18.7 Å². The van der Waals surface area contributed by atoms with E-state index in [-0.39, 0.29) is 24.4 Å². The first kappa shape index (κ1) is 15.5. The maximum absolute atomic E-state index is 12.1. The minimum Gasteiger partial charge on any atom is -0.331 e. The van der Waals surface area contributed by atoms with Crippen molar-refractivity contribution in [3.05, 3.63) is 29.8 Å². The van der Waals surface area contributed by atoms with Gasteiger partial charge in [-0.25, -0.2) is 0 Å². The van der Waals surface area contributed by atoms with Gasteiger partial charge in [-0.3, -0.25) is 9.59 Å². The Morgan fingerprint density at radius 1 is 1.14 bits per heavy atom. The third-order valence-corrected chi connectivity index (χ3v) is 4.07. The van der Waals surface area contributed by atoms with E-state index in [1.165, 1.54) is 6.42 Å². The van der Waals surface area contributed by atoms with Crippen LogP contribution in [-0.2, 0) is 9.59 Å². The van der Waals surface area contributed by atoms with Gasteiger partial charge in [0.25, 0.3) is 0 Å². The van der Waals surface area contributed by atoms with Crippen LogP contribution in [0.5, 0.6) is 0 Å². The van der Waals surface area contributed by atoms with Crippen LogP contribution in [0.3, 0.4) is 0 Å². The van der Waals surface area contributed by atoms with Crippen molar-refractivity contribution < 1.29 is 9.59 Å². The summed E-state index contributed by atoms with van der Waals surface area (Å²) in [6.07, 6.45) is 5.55. The van der Waals surface area contributed by atoms with E-state index in [1.54, 1.807) is 11.8 Å². The topological polar surface area (TPSA) is 49.4 Å². The molecule has 0 saturated heterocycles. The van der Waals surface area contributed by atoms with Crippen LogP contribution in [0.2, 0.25) is 0 Å². The molecule has 0 radical (unpaired) electrons. The van der Waals surface area contributed by atoms with Crippen LogP contribution in [0.1, 0.15) is 44.6 Å². The molecule has 0 atom stereocenters. The summed E-state index contributed by atoms with van der Waals surface area (Å²) < 4.78 is 0. The smallest absolute Gasteiger partial charge is 0.244 e. The molecule has 2 rings (SSSR count). The third-order valence-electron chi connectivity index (χ3n) is 4.07. The number of hydrogen-bond donors (Lipinski definition) is 1. The molecule has 0 spiro atoms. The predicted molar refractivity (Wildman–Crippen MR) is 84.1 cm³/mol. The molecule has 1 fully saturated rings. The van der Waals surface area contributed by atoms with Gasteiger partial charge in [0.15, 0.2) is 0 Å². The molecule has 1 aliphatic carbocycles.